The maximum absolute atomic E-state index is 13.3. The minimum Gasteiger partial charge on any atom is -0.460 e. The van der Waals surface area contributed by atoms with E-state index in [4.69, 9.17) is 21.7 Å². The molecular formula is C16H17F3N2O3S. The molecule has 136 valence electrons. The maximum atomic E-state index is 13.3. The van der Waals surface area contributed by atoms with Crippen molar-refractivity contribution in [2.75, 3.05) is 20.3 Å². The molecule has 0 saturated heterocycles. The number of allylic oxidation sites excluding steroid dienone is 1. The van der Waals surface area contributed by atoms with E-state index >= 15 is 0 Å². The van der Waals surface area contributed by atoms with Gasteiger partial charge in [0.25, 0.3) is 0 Å². The van der Waals surface area contributed by atoms with Gasteiger partial charge in [0, 0.05) is 12.8 Å². The Balaban J connectivity index is 2.45. The molecule has 9 heteroatoms. The third kappa shape index (κ3) is 4.49. The fourth-order valence-electron chi connectivity index (χ4n) is 2.50. The number of carbonyl (C=O) groups is 1. The predicted octanol–water partition coefficient (Wildman–Crippen LogP) is 2.69. The molecule has 1 aliphatic rings. The molecule has 1 atom stereocenters. The lowest BCUT2D eigenvalue weighted by Gasteiger charge is -2.31. The van der Waals surface area contributed by atoms with Gasteiger partial charge in [0.05, 0.1) is 23.8 Å². The molecule has 5 nitrogen and oxygen atoms in total. The van der Waals surface area contributed by atoms with Crippen LogP contribution in [-0.2, 0) is 20.4 Å². The van der Waals surface area contributed by atoms with E-state index in [-0.39, 0.29) is 29.5 Å². The van der Waals surface area contributed by atoms with E-state index in [2.05, 4.69) is 10.6 Å². The number of ether oxygens (including phenoxy) is 2. The number of hydrogen-bond donors (Lipinski definition) is 2. The fraction of sp³-hybridized carbons (Fsp3) is 0.375. The third-order valence-electron chi connectivity index (χ3n) is 3.59. The summed E-state index contributed by atoms with van der Waals surface area (Å²) in [6.45, 7) is 1.73. The van der Waals surface area contributed by atoms with E-state index in [0.29, 0.717) is 5.70 Å². The Hall–Kier alpha value is -2.13. The zero-order chi connectivity index (χ0) is 18.6. The standard InChI is InChI=1S/C16H17F3N2O3S/c1-9-12(14(22)24-8-7-23-2)13(21-15(25)20-9)10-5-3-4-6-11(10)16(17,18)19/h3-6,13H,7-8H2,1-2H3,(H2,20,21,25). The first kappa shape index (κ1) is 19.2. The number of halogens is 3. The highest BCUT2D eigenvalue weighted by molar-refractivity contribution is 7.80. The Morgan fingerprint density at radius 1 is 1.28 bits per heavy atom. The summed E-state index contributed by atoms with van der Waals surface area (Å²) in [6, 6.07) is 3.97. The monoisotopic (exact) mass is 374 g/mol. The summed E-state index contributed by atoms with van der Waals surface area (Å²) < 4.78 is 49.9. The Bertz CT molecular complexity index is 704. The van der Waals surface area contributed by atoms with Crippen LogP contribution in [0.5, 0.6) is 0 Å². The molecule has 0 bridgehead atoms. The molecule has 0 aliphatic carbocycles. The number of carbonyl (C=O) groups excluding carboxylic acids is 1. The molecule has 1 unspecified atom stereocenters. The number of thiocarbonyl (C=S) groups is 1. The highest BCUT2D eigenvalue weighted by Gasteiger charge is 2.39. The number of benzene rings is 1. The van der Waals surface area contributed by atoms with Crippen molar-refractivity contribution in [3.05, 3.63) is 46.7 Å². The number of methoxy groups -OCH3 is 1. The van der Waals surface area contributed by atoms with Gasteiger partial charge in [-0.1, -0.05) is 18.2 Å². The second kappa shape index (κ2) is 7.83. The van der Waals surface area contributed by atoms with Crippen LogP contribution in [0.3, 0.4) is 0 Å². The Morgan fingerprint density at radius 3 is 2.60 bits per heavy atom. The van der Waals surface area contributed by atoms with Crippen LogP contribution >= 0.6 is 12.2 Å². The first-order valence-corrected chi connectivity index (χ1v) is 7.77. The van der Waals surface area contributed by atoms with Gasteiger partial charge < -0.3 is 20.1 Å². The SMILES string of the molecule is COCCOC(=O)C1=C(C)NC(=S)NC1c1ccccc1C(F)(F)F. The molecule has 1 aromatic carbocycles. The van der Waals surface area contributed by atoms with Gasteiger partial charge in [-0.15, -0.1) is 0 Å². The second-order valence-electron chi connectivity index (χ2n) is 5.28. The lowest BCUT2D eigenvalue weighted by Crippen LogP contribution is -2.45. The molecule has 1 aromatic rings. The van der Waals surface area contributed by atoms with Crippen LogP contribution in [0.25, 0.3) is 0 Å². The molecule has 2 rings (SSSR count). The van der Waals surface area contributed by atoms with E-state index in [1.165, 1.54) is 25.3 Å². The van der Waals surface area contributed by atoms with Crippen molar-refractivity contribution in [2.45, 2.75) is 19.1 Å². The average molecular weight is 374 g/mol. The lowest BCUT2D eigenvalue weighted by molar-refractivity contribution is -0.142. The molecule has 0 fully saturated rings. The normalized spacial score (nSPS) is 17.8. The van der Waals surface area contributed by atoms with E-state index in [1.54, 1.807) is 6.92 Å². The molecule has 0 radical (unpaired) electrons. The largest absolute Gasteiger partial charge is 0.460 e. The van der Waals surface area contributed by atoms with Crippen molar-refractivity contribution >= 4 is 23.3 Å². The van der Waals surface area contributed by atoms with Crippen molar-refractivity contribution < 1.29 is 27.4 Å². The number of esters is 1. The summed E-state index contributed by atoms with van der Waals surface area (Å²) in [5.41, 5.74) is -0.557. The highest BCUT2D eigenvalue weighted by atomic mass is 32.1. The van der Waals surface area contributed by atoms with Gasteiger partial charge in [0.15, 0.2) is 5.11 Å². The third-order valence-corrected chi connectivity index (χ3v) is 3.81. The van der Waals surface area contributed by atoms with Crippen LogP contribution < -0.4 is 10.6 Å². The summed E-state index contributed by atoms with van der Waals surface area (Å²) in [5.74, 6) is -0.737. The Labute approximate surface area is 148 Å². The minimum atomic E-state index is -4.57. The van der Waals surface area contributed by atoms with Crippen LogP contribution in [0.1, 0.15) is 24.1 Å². The van der Waals surface area contributed by atoms with Crippen molar-refractivity contribution in [2.24, 2.45) is 0 Å². The van der Waals surface area contributed by atoms with Crippen molar-refractivity contribution in [3.8, 4) is 0 Å². The minimum absolute atomic E-state index is 0.00972. The van der Waals surface area contributed by atoms with Gasteiger partial charge in [0.2, 0.25) is 0 Å². The van der Waals surface area contributed by atoms with Crippen LogP contribution in [0.2, 0.25) is 0 Å². The fourth-order valence-corrected chi connectivity index (χ4v) is 2.77. The van der Waals surface area contributed by atoms with Crippen LogP contribution in [0.15, 0.2) is 35.5 Å². The Kier molecular flexibility index (Phi) is 6.02. The molecule has 25 heavy (non-hydrogen) atoms. The maximum Gasteiger partial charge on any atom is 0.416 e. The molecule has 0 aromatic heterocycles. The topological polar surface area (TPSA) is 59.6 Å². The highest BCUT2D eigenvalue weighted by Crippen LogP contribution is 2.38. The van der Waals surface area contributed by atoms with Crippen molar-refractivity contribution in [1.82, 2.24) is 10.6 Å². The zero-order valence-corrected chi connectivity index (χ0v) is 14.4. The zero-order valence-electron chi connectivity index (χ0n) is 13.6. The van der Waals surface area contributed by atoms with E-state index in [0.717, 1.165) is 6.07 Å². The number of alkyl halides is 3. The van der Waals surface area contributed by atoms with Gasteiger partial charge in [-0.05, 0) is 30.8 Å². The lowest BCUT2D eigenvalue weighted by atomic mass is 9.92. The summed E-state index contributed by atoms with van der Waals surface area (Å²) in [4.78, 5) is 12.4. The van der Waals surface area contributed by atoms with Crippen molar-refractivity contribution in [1.29, 1.82) is 0 Å². The first-order valence-electron chi connectivity index (χ1n) is 7.36. The molecule has 2 N–H and O–H groups in total. The van der Waals surface area contributed by atoms with Crippen LogP contribution in [0.4, 0.5) is 13.2 Å². The van der Waals surface area contributed by atoms with E-state index in [1.807, 2.05) is 0 Å². The smallest absolute Gasteiger partial charge is 0.416 e. The van der Waals surface area contributed by atoms with Gasteiger partial charge in [-0.2, -0.15) is 13.2 Å². The van der Waals surface area contributed by atoms with Gasteiger partial charge >= 0.3 is 12.1 Å². The summed E-state index contributed by atoms with van der Waals surface area (Å²) in [6.07, 6.45) is -4.57. The van der Waals surface area contributed by atoms with Crippen LogP contribution in [0, 0.1) is 0 Å². The predicted molar refractivity (Wildman–Crippen MR) is 88.6 cm³/mol. The summed E-state index contributed by atoms with van der Waals surface area (Å²) >= 11 is 5.03. The summed E-state index contributed by atoms with van der Waals surface area (Å²) in [7, 11) is 1.45. The van der Waals surface area contributed by atoms with Crippen LogP contribution in [-0.4, -0.2) is 31.4 Å². The van der Waals surface area contributed by atoms with E-state index in [9.17, 15) is 18.0 Å². The molecule has 0 saturated carbocycles. The number of nitrogens with one attached hydrogen (secondary N) is 2. The molecule has 0 spiro atoms. The molecular weight excluding hydrogens is 357 g/mol. The molecule has 1 aliphatic heterocycles. The second-order valence-corrected chi connectivity index (χ2v) is 5.69. The number of rotatable bonds is 5. The van der Waals surface area contributed by atoms with Gasteiger partial charge in [0.1, 0.15) is 6.61 Å². The Morgan fingerprint density at radius 2 is 1.96 bits per heavy atom. The van der Waals surface area contributed by atoms with Crippen molar-refractivity contribution in [3.63, 3.8) is 0 Å². The quantitative estimate of drug-likeness (QED) is 0.470. The van der Waals surface area contributed by atoms with E-state index < -0.39 is 23.8 Å². The summed E-state index contributed by atoms with van der Waals surface area (Å²) in [5, 5.41) is 5.60. The molecule has 1 heterocycles. The van der Waals surface area contributed by atoms with Gasteiger partial charge in [-0.25, -0.2) is 4.79 Å². The first-order chi connectivity index (χ1) is 11.8. The average Bonchev–Trinajstić information content (AvgIpc) is 2.53. The number of hydrogen-bond acceptors (Lipinski definition) is 4. The molecule has 0 amide bonds. The van der Waals surface area contributed by atoms with Gasteiger partial charge in [-0.3, -0.25) is 0 Å².